The van der Waals surface area contributed by atoms with Crippen LogP contribution in [0.3, 0.4) is 0 Å². The minimum absolute atomic E-state index is 0.0129. The first kappa shape index (κ1) is 19.7. The van der Waals surface area contributed by atoms with Gasteiger partial charge in [0.1, 0.15) is 11.0 Å². The summed E-state index contributed by atoms with van der Waals surface area (Å²) in [4.78, 5) is 27.8. The molecule has 0 bridgehead atoms. The fourth-order valence-electron chi connectivity index (χ4n) is 3.19. The predicted octanol–water partition coefficient (Wildman–Crippen LogP) is 1.19. The normalized spacial score (nSPS) is 19.1. The van der Waals surface area contributed by atoms with E-state index in [0.717, 1.165) is 51.6 Å². The van der Waals surface area contributed by atoms with Gasteiger partial charge in [-0.3, -0.25) is 4.79 Å². The molecule has 0 radical (unpaired) electrons. The molecule has 2 aliphatic heterocycles. The lowest BCUT2D eigenvalue weighted by Crippen LogP contribution is -2.44. The Hall–Kier alpha value is -1.09. The number of carbonyl (C=O) groups is 1. The molecule has 1 aromatic rings. The van der Waals surface area contributed by atoms with Crippen LogP contribution in [0.1, 0.15) is 12.8 Å². The molecule has 1 N–H and O–H groups in total. The average molecular weight is 399 g/mol. The molecule has 2 fully saturated rings. The smallest absolute Gasteiger partial charge is 0.230 e. The molecule has 1 amide bonds. The van der Waals surface area contributed by atoms with Crippen LogP contribution in [-0.4, -0.2) is 90.8 Å². The standard InChI is InChI=1S/C17H27ClN6OS/c1-22-8-10-24(11-9-22)15-12-14(18)20-17(21-15)26-13-16(25)19-4-7-23-5-2-3-6-23/h12H,2-11,13H2,1H3,(H,19,25). The maximum absolute atomic E-state index is 12.0. The van der Waals surface area contributed by atoms with Crippen LogP contribution in [0.4, 0.5) is 5.82 Å². The van der Waals surface area contributed by atoms with Crippen molar-refractivity contribution < 1.29 is 4.79 Å². The molecule has 0 saturated carbocycles. The lowest BCUT2D eigenvalue weighted by atomic mass is 10.3. The van der Waals surface area contributed by atoms with Gasteiger partial charge in [-0.2, -0.15) is 0 Å². The number of hydrogen-bond acceptors (Lipinski definition) is 7. The first-order valence-electron chi connectivity index (χ1n) is 9.20. The molecule has 0 unspecified atom stereocenters. The van der Waals surface area contributed by atoms with Crippen molar-refractivity contribution in [1.82, 2.24) is 25.1 Å². The number of amides is 1. The van der Waals surface area contributed by atoms with Crippen molar-refractivity contribution in [3.63, 3.8) is 0 Å². The largest absolute Gasteiger partial charge is 0.354 e. The predicted molar refractivity (Wildman–Crippen MR) is 106 cm³/mol. The van der Waals surface area contributed by atoms with E-state index >= 15 is 0 Å². The zero-order valence-electron chi connectivity index (χ0n) is 15.3. The third kappa shape index (κ3) is 5.97. The second-order valence-electron chi connectivity index (χ2n) is 6.81. The molecule has 0 aliphatic carbocycles. The van der Waals surface area contributed by atoms with E-state index < -0.39 is 0 Å². The third-order valence-electron chi connectivity index (χ3n) is 4.77. The number of nitrogens with one attached hydrogen (secondary N) is 1. The molecule has 2 aliphatic rings. The van der Waals surface area contributed by atoms with Gasteiger partial charge < -0.3 is 20.0 Å². The van der Waals surface area contributed by atoms with Crippen LogP contribution in [0.25, 0.3) is 0 Å². The Morgan fingerprint density at radius 1 is 1.19 bits per heavy atom. The summed E-state index contributed by atoms with van der Waals surface area (Å²) in [7, 11) is 2.12. The Morgan fingerprint density at radius 2 is 1.92 bits per heavy atom. The van der Waals surface area contributed by atoms with Crippen molar-refractivity contribution >= 4 is 35.1 Å². The first-order valence-corrected chi connectivity index (χ1v) is 10.6. The lowest BCUT2D eigenvalue weighted by Gasteiger charge is -2.33. The Labute approximate surface area is 164 Å². The van der Waals surface area contributed by atoms with Crippen molar-refractivity contribution in [3.8, 4) is 0 Å². The van der Waals surface area contributed by atoms with Gasteiger partial charge in [0.05, 0.1) is 5.75 Å². The number of aromatic nitrogens is 2. The molecular formula is C17H27ClN6OS. The molecule has 3 heterocycles. The molecule has 9 heteroatoms. The van der Waals surface area contributed by atoms with Gasteiger partial charge in [-0.25, -0.2) is 9.97 Å². The number of piperazine rings is 1. The average Bonchev–Trinajstić information content (AvgIpc) is 3.13. The van der Waals surface area contributed by atoms with E-state index in [0.29, 0.717) is 22.6 Å². The highest BCUT2D eigenvalue weighted by molar-refractivity contribution is 7.99. The summed E-state index contributed by atoms with van der Waals surface area (Å²) < 4.78 is 0. The van der Waals surface area contributed by atoms with Crippen molar-refractivity contribution in [1.29, 1.82) is 0 Å². The summed E-state index contributed by atoms with van der Waals surface area (Å²) in [5.74, 6) is 1.16. The second-order valence-corrected chi connectivity index (χ2v) is 8.14. The van der Waals surface area contributed by atoms with E-state index in [1.54, 1.807) is 6.07 Å². The monoisotopic (exact) mass is 398 g/mol. The maximum Gasteiger partial charge on any atom is 0.230 e. The molecule has 7 nitrogen and oxygen atoms in total. The van der Waals surface area contributed by atoms with Crippen LogP contribution in [0.5, 0.6) is 0 Å². The van der Waals surface area contributed by atoms with Gasteiger partial charge in [0.15, 0.2) is 5.16 Å². The number of anilines is 1. The molecule has 26 heavy (non-hydrogen) atoms. The Kier molecular flexibility index (Phi) is 7.36. The zero-order chi connectivity index (χ0) is 18.4. The van der Waals surface area contributed by atoms with Gasteiger partial charge in [0.2, 0.25) is 5.91 Å². The number of carbonyl (C=O) groups excluding carboxylic acids is 1. The SMILES string of the molecule is CN1CCN(c2cc(Cl)nc(SCC(=O)NCCN3CCCC3)n2)CC1. The molecule has 0 atom stereocenters. The van der Waals surface area contributed by atoms with Crippen LogP contribution >= 0.6 is 23.4 Å². The summed E-state index contributed by atoms with van der Waals surface area (Å²) in [5, 5.41) is 3.95. The Bertz CT molecular complexity index is 605. The molecule has 1 aromatic heterocycles. The van der Waals surface area contributed by atoms with E-state index in [4.69, 9.17) is 11.6 Å². The Balaban J connectivity index is 1.45. The molecule has 3 rings (SSSR count). The van der Waals surface area contributed by atoms with Gasteiger partial charge >= 0.3 is 0 Å². The van der Waals surface area contributed by atoms with Crippen molar-refractivity contribution in [2.24, 2.45) is 0 Å². The molecular weight excluding hydrogens is 372 g/mol. The van der Waals surface area contributed by atoms with Crippen LogP contribution in [0, 0.1) is 0 Å². The summed E-state index contributed by atoms with van der Waals surface area (Å²) in [6.45, 7) is 7.77. The number of likely N-dealkylation sites (tertiary alicyclic amines) is 1. The number of rotatable bonds is 7. The summed E-state index contributed by atoms with van der Waals surface area (Å²) >= 11 is 7.50. The van der Waals surface area contributed by atoms with Crippen molar-refractivity contribution in [3.05, 3.63) is 11.2 Å². The fourth-order valence-corrected chi connectivity index (χ4v) is 4.10. The van der Waals surface area contributed by atoms with E-state index in [2.05, 4.69) is 37.0 Å². The first-order chi connectivity index (χ1) is 12.6. The van der Waals surface area contributed by atoms with Crippen molar-refractivity contribution in [2.45, 2.75) is 18.0 Å². The van der Waals surface area contributed by atoms with E-state index in [1.165, 1.54) is 24.6 Å². The molecule has 0 spiro atoms. The zero-order valence-corrected chi connectivity index (χ0v) is 16.9. The van der Waals surface area contributed by atoms with Crippen LogP contribution in [0.2, 0.25) is 5.15 Å². The van der Waals surface area contributed by atoms with Gasteiger partial charge in [-0.15, -0.1) is 0 Å². The number of likely N-dealkylation sites (N-methyl/N-ethyl adjacent to an activating group) is 1. The van der Waals surface area contributed by atoms with Crippen LogP contribution < -0.4 is 10.2 Å². The Morgan fingerprint density at radius 3 is 2.65 bits per heavy atom. The molecule has 144 valence electrons. The van der Waals surface area contributed by atoms with Gasteiger partial charge in [0.25, 0.3) is 0 Å². The highest BCUT2D eigenvalue weighted by atomic mass is 35.5. The number of thioether (sulfide) groups is 1. The van der Waals surface area contributed by atoms with E-state index in [1.807, 2.05) is 0 Å². The topological polar surface area (TPSA) is 64.6 Å². The second kappa shape index (κ2) is 9.73. The van der Waals surface area contributed by atoms with Gasteiger partial charge in [0, 0.05) is 45.3 Å². The minimum atomic E-state index is 0.0129. The summed E-state index contributed by atoms with van der Waals surface area (Å²) in [6.07, 6.45) is 2.54. The minimum Gasteiger partial charge on any atom is -0.354 e. The third-order valence-corrected chi connectivity index (χ3v) is 5.81. The number of hydrogen-bond donors (Lipinski definition) is 1. The van der Waals surface area contributed by atoms with Crippen LogP contribution in [-0.2, 0) is 4.79 Å². The summed E-state index contributed by atoms with van der Waals surface area (Å²) in [5.41, 5.74) is 0. The number of halogens is 1. The highest BCUT2D eigenvalue weighted by Crippen LogP contribution is 2.22. The van der Waals surface area contributed by atoms with E-state index in [-0.39, 0.29) is 5.91 Å². The highest BCUT2D eigenvalue weighted by Gasteiger charge is 2.17. The lowest BCUT2D eigenvalue weighted by molar-refractivity contribution is -0.118. The van der Waals surface area contributed by atoms with E-state index in [9.17, 15) is 4.79 Å². The molecule has 2 saturated heterocycles. The molecule has 0 aromatic carbocycles. The maximum atomic E-state index is 12.0. The quantitative estimate of drug-likeness (QED) is 0.420. The fraction of sp³-hybridized carbons (Fsp3) is 0.706. The van der Waals surface area contributed by atoms with Crippen molar-refractivity contribution in [2.75, 3.05) is 70.1 Å². The van der Waals surface area contributed by atoms with Gasteiger partial charge in [-0.05, 0) is 33.0 Å². The summed E-state index contributed by atoms with van der Waals surface area (Å²) in [6, 6.07) is 1.80. The number of nitrogens with zero attached hydrogens (tertiary/aromatic N) is 5. The van der Waals surface area contributed by atoms with Gasteiger partial charge in [-0.1, -0.05) is 23.4 Å². The van der Waals surface area contributed by atoms with Crippen LogP contribution in [0.15, 0.2) is 11.2 Å².